The molecule has 0 fully saturated rings. The summed E-state index contributed by atoms with van der Waals surface area (Å²) in [6, 6.07) is 5.12. The van der Waals surface area contributed by atoms with Crippen molar-refractivity contribution in [2.24, 2.45) is 0 Å². The summed E-state index contributed by atoms with van der Waals surface area (Å²) < 4.78 is 0. The van der Waals surface area contributed by atoms with Crippen molar-refractivity contribution in [1.82, 2.24) is 10.6 Å². The predicted octanol–water partition coefficient (Wildman–Crippen LogP) is 0.827. The van der Waals surface area contributed by atoms with Gasteiger partial charge in [0.2, 0.25) is 11.8 Å². The van der Waals surface area contributed by atoms with Crippen molar-refractivity contribution >= 4 is 23.4 Å². The molecule has 1 aromatic carbocycles. The minimum atomic E-state index is -0.248. The van der Waals surface area contributed by atoms with Gasteiger partial charge < -0.3 is 16.0 Å². The number of anilines is 1. The van der Waals surface area contributed by atoms with Crippen molar-refractivity contribution in [2.45, 2.75) is 26.2 Å². The SMILES string of the molecule is CCCNC(=O)CCNC(=O)c1ccc2c(c1)NC(=O)C2. The van der Waals surface area contributed by atoms with Crippen LogP contribution in [0.25, 0.3) is 0 Å². The fraction of sp³-hybridized carbons (Fsp3) is 0.400. The fourth-order valence-electron chi connectivity index (χ4n) is 2.10. The molecular formula is C15H19N3O3. The van der Waals surface area contributed by atoms with Crippen LogP contribution in [0.4, 0.5) is 5.69 Å². The second-order valence-corrected chi connectivity index (χ2v) is 4.95. The van der Waals surface area contributed by atoms with Crippen molar-refractivity contribution in [3.63, 3.8) is 0 Å². The van der Waals surface area contributed by atoms with Gasteiger partial charge in [-0.15, -0.1) is 0 Å². The first-order valence-corrected chi connectivity index (χ1v) is 7.08. The molecule has 0 saturated heterocycles. The van der Waals surface area contributed by atoms with Gasteiger partial charge in [0, 0.05) is 30.8 Å². The van der Waals surface area contributed by atoms with Gasteiger partial charge in [0.25, 0.3) is 5.91 Å². The van der Waals surface area contributed by atoms with Gasteiger partial charge in [0.15, 0.2) is 0 Å². The molecule has 3 N–H and O–H groups in total. The lowest BCUT2D eigenvalue weighted by molar-refractivity contribution is -0.121. The number of rotatable bonds is 6. The lowest BCUT2D eigenvalue weighted by Gasteiger charge is -2.07. The number of carbonyl (C=O) groups excluding carboxylic acids is 3. The van der Waals surface area contributed by atoms with E-state index < -0.39 is 0 Å². The maximum Gasteiger partial charge on any atom is 0.251 e. The zero-order chi connectivity index (χ0) is 15.2. The molecular weight excluding hydrogens is 270 g/mol. The monoisotopic (exact) mass is 289 g/mol. The van der Waals surface area contributed by atoms with Gasteiger partial charge in [-0.3, -0.25) is 14.4 Å². The van der Waals surface area contributed by atoms with E-state index >= 15 is 0 Å². The molecule has 3 amide bonds. The largest absolute Gasteiger partial charge is 0.356 e. The predicted molar refractivity (Wildman–Crippen MR) is 79.0 cm³/mol. The van der Waals surface area contributed by atoms with Crippen LogP contribution in [0.2, 0.25) is 0 Å². The van der Waals surface area contributed by atoms with Crippen molar-refractivity contribution in [2.75, 3.05) is 18.4 Å². The van der Waals surface area contributed by atoms with Gasteiger partial charge in [-0.1, -0.05) is 13.0 Å². The summed E-state index contributed by atoms with van der Waals surface area (Å²) >= 11 is 0. The molecule has 1 aromatic rings. The maximum absolute atomic E-state index is 12.0. The topological polar surface area (TPSA) is 87.3 Å². The van der Waals surface area contributed by atoms with Gasteiger partial charge in [0.1, 0.15) is 0 Å². The number of benzene rings is 1. The molecule has 0 aromatic heterocycles. The molecule has 1 heterocycles. The van der Waals surface area contributed by atoms with Gasteiger partial charge in [0.05, 0.1) is 6.42 Å². The summed E-state index contributed by atoms with van der Waals surface area (Å²) in [7, 11) is 0. The number of nitrogens with one attached hydrogen (secondary N) is 3. The minimum absolute atomic E-state index is 0.0600. The van der Waals surface area contributed by atoms with Crippen molar-refractivity contribution in [1.29, 1.82) is 0 Å². The highest BCUT2D eigenvalue weighted by atomic mass is 16.2. The third kappa shape index (κ3) is 4.05. The average molecular weight is 289 g/mol. The maximum atomic E-state index is 12.0. The number of hydrogen-bond acceptors (Lipinski definition) is 3. The van der Waals surface area contributed by atoms with E-state index in [1.54, 1.807) is 18.2 Å². The van der Waals surface area contributed by atoms with Gasteiger partial charge in [-0.05, 0) is 24.1 Å². The summed E-state index contributed by atoms with van der Waals surface area (Å²) in [4.78, 5) is 34.6. The van der Waals surface area contributed by atoms with Crippen LogP contribution in [0.1, 0.15) is 35.7 Å². The van der Waals surface area contributed by atoms with Crippen LogP contribution in [0, 0.1) is 0 Å². The molecule has 0 aliphatic carbocycles. The van der Waals surface area contributed by atoms with Gasteiger partial charge in [-0.25, -0.2) is 0 Å². The summed E-state index contributed by atoms with van der Waals surface area (Å²) in [6.45, 7) is 2.92. The molecule has 0 atom stereocenters. The van der Waals surface area contributed by atoms with Crippen LogP contribution >= 0.6 is 0 Å². The Kier molecular flexibility index (Phi) is 4.92. The Morgan fingerprint density at radius 1 is 1.24 bits per heavy atom. The molecule has 0 spiro atoms. The normalized spacial score (nSPS) is 12.5. The van der Waals surface area contributed by atoms with E-state index in [1.165, 1.54) is 0 Å². The van der Waals surface area contributed by atoms with Crippen LogP contribution in [0.15, 0.2) is 18.2 Å². The van der Waals surface area contributed by atoms with E-state index in [0.717, 1.165) is 12.0 Å². The van der Waals surface area contributed by atoms with Crippen LogP contribution in [-0.4, -0.2) is 30.8 Å². The molecule has 1 aliphatic rings. The van der Waals surface area contributed by atoms with Crippen LogP contribution in [-0.2, 0) is 16.0 Å². The van der Waals surface area contributed by atoms with E-state index in [2.05, 4.69) is 16.0 Å². The summed E-state index contributed by atoms with van der Waals surface area (Å²) in [5, 5.41) is 8.15. The number of fused-ring (bicyclic) bond motifs is 1. The van der Waals surface area contributed by atoms with E-state index in [4.69, 9.17) is 0 Å². The van der Waals surface area contributed by atoms with Crippen LogP contribution in [0.3, 0.4) is 0 Å². The smallest absolute Gasteiger partial charge is 0.251 e. The molecule has 21 heavy (non-hydrogen) atoms. The van der Waals surface area contributed by atoms with E-state index in [9.17, 15) is 14.4 Å². The Hall–Kier alpha value is -2.37. The molecule has 0 saturated carbocycles. The summed E-state index contributed by atoms with van der Waals surface area (Å²) in [5.74, 6) is -0.379. The minimum Gasteiger partial charge on any atom is -0.356 e. The Morgan fingerprint density at radius 3 is 2.81 bits per heavy atom. The first-order chi connectivity index (χ1) is 10.1. The lowest BCUT2D eigenvalue weighted by atomic mass is 10.1. The molecule has 6 nitrogen and oxygen atoms in total. The number of amides is 3. The molecule has 6 heteroatoms. The number of carbonyl (C=O) groups is 3. The Morgan fingerprint density at radius 2 is 2.05 bits per heavy atom. The quantitative estimate of drug-likeness (QED) is 0.725. The Labute approximate surface area is 123 Å². The summed E-state index contributed by atoms with van der Waals surface area (Å²) in [5.41, 5.74) is 2.06. The van der Waals surface area contributed by atoms with Crippen molar-refractivity contribution in [3.05, 3.63) is 29.3 Å². The molecule has 0 radical (unpaired) electrons. The summed E-state index contributed by atoms with van der Waals surface area (Å²) in [6.07, 6.45) is 1.50. The second-order valence-electron chi connectivity index (χ2n) is 4.95. The molecule has 2 rings (SSSR count). The van der Waals surface area contributed by atoms with E-state index in [1.807, 2.05) is 6.92 Å². The van der Waals surface area contributed by atoms with E-state index in [-0.39, 0.29) is 30.7 Å². The lowest BCUT2D eigenvalue weighted by Crippen LogP contribution is -2.31. The third-order valence-corrected chi connectivity index (χ3v) is 3.21. The highest BCUT2D eigenvalue weighted by Crippen LogP contribution is 2.23. The van der Waals surface area contributed by atoms with Crippen molar-refractivity contribution < 1.29 is 14.4 Å². The first kappa shape index (κ1) is 15.0. The van der Waals surface area contributed by atoms with Gasteiger partial charge in [-0.2, -0.15) is 0 Å². The second kappa shape index (κ2) is 6.88. The van der Waals surface area contributed by atoms with Crippen LogP contribution < -0.4 is 16.0 Å². The van der Waals surface area contributed by atoms with Crippen molar-refractivity contribution in [3.8, 4) is 0 Å². The Balaban J connectivity index is 1.83. The van der Waals surface area contributed by atoms with Crippen LogP contribution in [0.5, 0.6) is 0 Å². The average Bonchev–Trinajstić information content (AvgIpc) is 2.83. The zero-order valence-electron chi connectivity index (χ0n) is 12.0. The molecule has 112 valence electrons. The highest BCUT2D eigenvalue weighted by molar-refractivity contribution is 6.02. The number of hydrogen-bond donors (Lipinski definition) is 3. The Bertz CT molecular complexity index is 569. The molecule has 0 bridgehead atoms. The van der Waals surface area contributed by atoms with E-state index in [0.29, 0.717) is 24.2 Å². The fourth-order valence-corrected chi connectivity index (χ4v) is 2.10. The standard InChI is InChI=1S/C15H19N3O3/c1-2-6-16-13(19)5-7-17-15(21)11-4-3-10-9-14(20)18-12(10)8-11/h3-4,8H,2,5-7,9H2,1H3,(H,16,19)(H,17,21)(H,18,20). The molecule has 0 unspecified atom stereocenters. The third-order valence-electron chi connectivity index (χ3n) is 3.21. The van der Waals surface area contributed by atoms with Gasteiger partial charge >= 0.3 is 0 Å². The first-order valence-electron chi connectivity index (χ1n) is 7.08. The zero-order valence-corrected chi connectivity index (χ0v) is 12.0. The highest BCUT2D eigenvalue weighted by Gasteiger charge is 2.18. The molecule has 1 aliphatic heterocycles.